The van der Waals surface area contributed by atoms with Crippen LogP contribution in [0, 0.1) is 0 Å². The number of nitrogens with zero attached hydrogens (tertiary/aromatic N) is 6. The first-order valence-corrected chi connectivity index (χ1v) is 13.9. The fourth-order valence-corrected chi connectivity index (χ4v) is 6.48. The van der Waals surface area contributed by atoms with E-state index in [1.165, 1.54) is 6.33 Å². The van der Waals surface area contributed by atoms with Gasteiger partial charge in [0.1, 0.15) is 35.8 Å². The number of hydrogen-bond acceptors (Lipinski definition) is 8. The van der Waals surface area contributed by atoms with Crippen molar-refractivity contribution in [2.75, 3.05) is 36.4 Å². The summed E-state index contributed by atoms with van der Waals surface area (Å²) in [6, 6.07) is 11.3. The smallest absolute Gasteiger partial charge is 0.413 e. The third-order valence-electron chi connectivity index (χ3n) is 8.20. The molecular formula is C29H28ClN7O4. The van der Waals surface area contributed by atoms with Gasteiger partial charge in [0.25, 0.3) is 0 Å². The highest BCUT2D eigenvalue weighted by molar-refractivity contribution is 6.33. The van der Waals surface area contributed by atoms with Gasteiger partial charge in [-0.1, -0.05) is 29.8 Å². The van der Waals surface area contributed by atoms with Crippen LogP contribution in [0.3, 0.4) is 0 Å². The number of amides is 2. The molecule has 3 aromatic heterocycles. The van der Waals surface area contributed by atoms with E-state index in [1.54, 1.807) is 18.0 Å². The van der Waals surface area contributed by atoms with Crippen LogP contribution < -0.4 is 10.2 Å². The summed E-state index contributed by atoms with van der Waals surface area (Å²) < 4.78 is 7.63. The Kier molecular flexibility index (Phi) is 5.91. The zero-order valence-electron chi connectivity index (χ0n) is 22.4. The lowest BCUT2D eigenvalue weighted by Gasteiger charge is -2.45. The molecule has 6 heterocycles. The average molecular weight is 574 g/mol. The number of hydrogen-bond donors (Lipinski definition) is 2. The van der Waals surface area contributed by atoms with Crippen LogP contribution >= 0.6 is 11.6 Å². The maximum atomic E-state index is 13.6. The van der Waals surface area contributed by atoms with Crippen LogP contribution in [0.25, 0.3) is 22.2 Å². The van der Waals surface area contributed by atoms with Gasteiger partial charge in [0.05, 0.1) is 11.0 Å². The predicted octanol–water partition coefficient (Wildman–Crippen LogP) is 3.80. The molecule has 2 N–H and O–H groups in total. The van der Waals surface area contributed by atoms with Crippen molar-refractivity contribution in [3.8, 4) is 11.1 Å². The van der Waals surface area contributed by atoms with Gasteiger partial charge in [-0.05, 0) is 25.1 Å². The lowest BCUT2D eigenvalue weighted by molar-refractivity contribution is -0.136. The van der Waals surface area contributed by atoms with Gasteiger partial charge in [-0.25, -0.2) is 19.7 Å². The Hall–Kier alpha value is -4.22. The van der Waals surface area contributed by atoms with Crippen molar-refractivity contribution in [2.24, 2.45) is 0 Å². The zero-order valence-corrected chi connectivity index (χ0v) is 23.1. The monoisotopic (exact) mass is 573 g/mol. The summed E-state index contributed by atoms with van der Waals surface area (Å²) in [5.74, 6) is 1.14. The SMILES string of the molecule is CC1(O)CN(c2ncnc3c2c(-c2ccccc2Cl)cn3CC(=O)N2CCC3(CC2)OC(=O)Nc2ncccc23)C1. The van der Waals surface area contributed by atoms with E-state index in [0.29, 0.717) is 61.3 Å². The molecule has 0 aliphatic carbocycles. The third kappa shape index (κ3) is 4.36. The lowest BCUT2D eigenvalue weighted by Crippen LogP contribution is -2.60. The van der Waals surface area contributed by atoms with Gasteiger partial charge in [-0.2, -0.15) is 0 Å². The van der Waals surface area contributed by atoms with Crippen LogP contribution in [0.1, 0.15) is 25.3 Å². The number of fused-ring (bicyclic) bond motifs is 3. The summed E-state index contributed by atoms with van der Waals surface area (Å²) in [5, 5.41) is 14.4. The van der Waals surface area contributed by atoms with Crippen molar-refractivity contribution < 1.29 is 19.4 Å². The fourth-order valence-electron chi connectivity index (χ4n) is 6.24. The highest BCUT2D eigenvalue weighted by Crippen LogP contribution is 2.43. The molecule has 0 atom stereocenters. The molecule has 210 valence electrons. The van der Waals surface area contributed by atoms with Crippen molar-refractivity contribution in [1.29, 1.82) is 0 Å². The first-order valence-electron chi connectivity index (χ1n) is 13.5. The number of likely N-dealkylation sites (tertiary alicyclic amines) is 1. The Morgan fingerprint density at radius 3 is 2.63 bits per heavy atom. The molecule has 0 unspecified atom stereocenters. The van der Waals surface area contributed by atoms with Gasteiger partial charge >= 0.3 is 6.09 Å². The van der Waals surface area contributed by atoms with Crippen molar-refractivity contribution in [3.63, 3.8) is 0 Å². The van der Waals surface area contributed by atoms with E-state index in [4.69, 9.17) is 16.3 Å². The van der Waals surface area contributed by atoms with Crippen LogP contribution in [0.2, 0.25) is 5.02 Å². The second kappa shape index (κ2) is 9.42. The number of aliphatic hydroxyl groups is 1. The number of ether oxygens (including phenoxy) is 1. The molecule has 4 aromatic rings. The molecule has 0 bridgehead atoms. The number of nitrogens with one attached hydrogen (secondary N) is 1. The average Bonchev–Trinajstić information content (AvgIpc) is 3.30. The zero-order chi connectivity index (χ0) is 28.4. The Morgan fingerprint density at radius 1 is 1.10 bits per heavy atom. The number of carbonyl (C=O) groups excluding carboxylic acids is 2. The van der Waals surface area contributed by atoms with Crippen molar-refractivity contribution in [2.45, 2.75) is 37.5 Å². The molecule has 2 saturated heterocycles. The molecule has 1 spiro atoms. The Labute approximate surface area is 240 Å². The Balaban J connectivity index is 1.18. The van der Waals surface area contributed by atoms with Crippen LogP contribution in [0.5, 0.6) is 0 Å². The summed E-state index contributed by atoms with van der Waals surface area (Å²) >= 11 is 6.61. The molecule has 3 aliphatic rings. The molecule has 7 rings (SSSR count). The van der Waals surface area contributed by atoms with Crippen LogP contribution in [0.15, 0.2) is 55.1 Å². The number of β-amino-alcohol motifs (C(OH)–C–C–N with tert-alkyl or cyclic N) is 1. The van der Waals surface area contributed by atoms with Gasteiger partial charge in [0, 0.05) is 73.1 Å². The first-order chi connectivity index (χ1) is 19.7. The summed E-state index contributed by atoms with van der Waals surface area (Å²) in [7, 11) is 0. The molecule has 2 fully saturated rings. The summed E-state index contributed by atoms with van der Waals surface area (Å²) in [6.07, 6.45) is 5.45. The number of anilines is 2. The second-order valence-corrected chi connectivity index (χ2v) is 11.6. The van der Waals surface area contributed by atoms with E-state index in [-0.39, 0.29) is 12.5 Å². The van der Waals surface area contributed by atoms with Gasteiger partial charge in [-0.15, -0.1) is 0 Å². The summed E-state index contributed by atoms with van der Waals surface area (Å²) in [6.45, 7) is 3.62. The normalized spacial score (nSPS) is 19.0. The predicted molar refractivity (Wildman–Crippen MR) is 153 cm³/mol. The number of piperidine rings is 1. The molecule has 0 saturated carbocycles. The first kappa shape index (κ1) is 25.7. The number of halogens is 1. The number of aromatic nitrogens is 4. The van der Waals surface area contributed by atoms with Crippen molar-refractivity contribution in [1.82, 2.24) is 24.4 Å². The summed E-state index contributed by atoms with van der Waals surface area (Å²) in [4.78, 5) is 43.1. The van der Waals surface area contributed by atoms with Gasteiger partial charge in [0.15, 0.2) is 0 Å². The maximum Gasteiger partial charge on any atom is 0.413 e. The topological polar surface area (TPSA) is 126 Å². The summed E-state index contributed by atoms with van der Waals surface area (Å²) in [5.41, 5.74) is 1.50. The minimum atomic E-state index is -0.805. The molecule has 41 heavy (non-hydrogen) atoms. The van der Waals surface area contributed by atoms with Gasteiger partial charge in [-0.3, -0.25) is 10.1 Å². The fraction of sp³-hybridized carbons (Fsp3) is 0.345. The largest absolute Gasteiger partial charge is 0.437 e. The number of pyridine rings is 1. The van der Waals surface area contributed by atoms with E-state index < -0.39 is 17.3 Å². The van der Waals surface area contributed by atoms with E-state index in [0.717, 1.165) is 22.1 Å². The molecule has 12 heteroatoms. The highest BCUT2D eigenvalue weighted by atomic mass is 35.5. The van der Waals surface area contributed by atoms with Crippen LogP contribution in [-0.4, -0.2) is 73.3 Å². The van der Waals surface area contributed by atoms with E-state index in [9.17, 15) is 14.7 Å². The lowest BCUT2D eigenvalue weighted by atomic mass is 9.83. The van der Waals surface area contributed by atoms with E-state index in [2.05, 4.69) is 20.3 Å². The standard InChI is InChI=1S/C29H28ClN7O4/c1-28(40)15-37(16-28)26-23-19(18-5-2-3-7-21(18)30)13-36(25(23)32-17-33-26)14-22(38)35-11-8-29(9-12-35)20-6-4-10-31-24(20)34-27(39)41-29/h2-7,10,13,17,40H,8-9,11-12,14-16H2,1H3,(H,31,34,39). The Bertz CT molecular complexity index is 1690. The molecule has 1 aromatic carbocycles. The van der Waals surface area contributed by atoms with Crippen LogP contribution in [0.4, 0.5) is 16.4 Å². The minimum absolute atomic E-state index is 0.0684. The van der Waals surface area contributed by atoms with Gasteiger partial charge < -0.3 is 24.2 Å². The third-order valence-corrected chi connectivity index (χ3v) is 8.53. The number of benzene rings is 1. The van der Waals surface area contributed by atoms with Crippen LogP contribution in [-0.2, 0) is 21.7 Å². The number of carbonyl (C=O) groups is 2. The second-order valence-electron chi connectivity index (χ2n) is 11.2. The number of rotatable bonds is 4. The molecule has 2 amide bonds. The molecule has 3 aliphatic heterocycles. The Morgan fingerprint density at radius 2 is 1.88 bits per heavy atom. The molecular weight excluding hydrogens is 546 g/mol. The quantitative estimate of drug-likeness (QED) is 0.378. The van der Waals surface area contributed by atoms with E-state index in [1.807, 2.05) is 52.1 Å². The van der Waals surface area contributed by atoms with Crippen molar-refractivity contribution in [3.05, 3.63) is 65.7 Å². The van der Waals surface area contributed by atoms with E-state index >= 15 is 0 Å². The molecule has 11 nitrogen and oxygen atoms in total. The highest BCUT2D eigenvalue weighted by Gasteiger charge is 2.45. The minimum Gasteiger partial charge on any atom is -0.437 e. The molecule has 0 radical (unpaired) electrons. The van der Waals surface area contributed by atoms with Crippen molar-refractivity contribution >= 4 is 46.3 Å². The maximum absolute atomic E-state index is 13.6. The van der Waals surface area contributed by atoms with Gasteiger partial charge in [0.2, 0.25) is 5.91 Å².